The number of H-pyrrole nitrogens is 1. The number of hydrogen-bond acceptors (Lipinski definition) is 4. The Balaban J connectivity index is 1.32. The second kappa shape index (κ2) is 7.95. The summed E-state index contributed by atoms with van der Waals surface area (Å²) < 4.78 is 30.0. The molecule has 0 radical (unpaired) electrons. The Morgan fingerprint density at radius 2 is 2.00 bits per heavy atom. The molecule has 1 fully saturated rings. The molecule has 0 saturated carbocycles. The number of hydrogen-bond donors (Lipinski definition) is 2. The van der Waals surface area contributed by atoms with Crippen LogP contribution in [0.1, 0.15) is 34.8 Å². The van der Waals surface area contributed by atoms with Crippen LogP contribution in [0.2, 0.25) is 0 Å². The summed E-state index contributed by atoms with van der Waals surface area (Å²) in [5, 5.41) is 15.1. The van der Waals surface area contributed by atoms with E-state index in [1.807, 2.05) is 30.3 Å². The van der Waals surface area contributed by atoms with Crippen molar-refractivity contribution in [3.8, 4) is 0 Å². The summed E-state index contributed by atoms with van der Waals surface area (Å²) in [4.78, 5) is 15.1. The van der Waals surface area contributed by atoms with Crippen molar-refractivity contribution in [1.82, 2.24) is 19.8 Å². The fourth-order valence-corrected chi connectivity index (χ4v) is 4.71. The smallest absolute Gasteiger partial charge is 0.259 e. The molecule has 1 atom stereocenters. The van der Waals surface area contributed by atoms with Crippen molar-refractivity contribution in [2.24, 2.45) is 0 Å². The van der Waals surface area contributed by atoms with E-state index in [0.29, 0.717) is 35.3 Å². The van der Waals surface area contributed by atoms with Crippen LogP contribution in [0.4, 0.5) is 20.2 Å². The van der Waals surface area contributed by atoms with E-state index in [9.17, 15) is 13.6 Å². The number of nitrogens with zero attached hydrogens (tertiary/aromatic N) is 4. The first-order chi connectivity index (χ1) is 16.6. The second-order valence-electron chi connectivity index (χ2n) is 8.42. The van der Waals surface area contributed by atoms with Crippen molar-refractivity contribution in [1.29, 1.82) is 0 Å². The highest BCUT2D eigenvalue weighted by molar-refractivity contribution is 6.09. The summed E-state index contributed by atoms with van der Waals surface area (Å²) in [5.74, 6) is -1.17. The van der Waals surface area contributed by atoms with Gasteiger partial charge in [-0.3, -0.25) is 9.89 Å². The van der Waals surface area contributed by atoms with Gasteiger partial charge in [-0.1, -0.05) is 0 Å². The molecule has 3 aromatic heterocycles. The number of benzene rings is 2. The topological polar surface area (TPSA) is 78.3 Å². The first-order valence-electron chi connectivity index (χ1n) is 11.0. The van der Waals surface area contributed by atoms with Crippen LogP contribution in [0.25, 0.3) is 16.4 Å². The molecule has 5 aromatic rings. The number of amides is 1. The van der Waals surface area contributed by atoms with Gasteiger partial charge in [0.15, 0.2) is 0 Å². The molecule has 1 saturated heterocycles. The van der Waals surface area contributed by atoms with Gasteiger partial charge in [-0.15, -0.1) is 0 Å². The van der Waals surface area contributed by atoms with E-state index >= 15 is 0 Å². The molecule has 2 N–H and O–H groups in total. The van der Waals surface area contributed by atoms with Crippen LogP contribution in [0.5, 0.6) is 0 Å². The van der Waals surface area contributed by atoms with Crippen LogP contribution >= 0.6 is 0 Å². The molecular weight excluding hydrogens is 438 g/mol. The number of rotatable bonds is 4. The number of aromatic amines is 1. The number of pyridine rings is 1. The summed E-state index contributed by atoms with van der Waals surface area (Å²) in [6.45, 7) is 0.705. The zero-order valence-electron chi connectivity index (χ0n) is 18.0. The van der Waals surface area contributed by atoms with E-state index < -0.39 is 11.6 Å². The van der Waals surface area contributed by atoms with Crippen molar-refractivity contribution in [2.75, 3.05) is 16.8 Å². The summed E-state index contributed by atoms with van der Waals surface area (Å²) >= 11 is 0. The Hall–Kier alpha value is -4.27. The SMILES string of the molecule is O=C(Nc1ccc2cn[nH]c2c1)c1cnn2ccc(N3CCC[C@@H]3c3cc(F)ccc3F)cc12. The highest BCUT2D eigenvalue weighted by Gasteiger charge is 2.29. The molecule has 6 rings (SSSR count). The maximum atomic E-state index is 14.5. The minimum absolute atomic E-state index is 0.278. The lowest BCUT2D eigenvalue weighted by atomic mass is 10.0. The molecule has 1 aliphatic rings. The van der Waals surface area contributed by atoms with Crippen LogP contribution in [-0.2, 0) is 0 Å². The van der Waals surface area contributed by atoms with Gasteiger partial charge in [-0.05, 0) is 61.4 Å². The van der Waals surface area contributed by atoms with Crippen molar-refractivity contribution in [3.05, 3.63) is 89.9 Å². The minimum Gasteiger partial charge on any atom is -0.364 e. The van der Waals surface area contributed by atoms with Crippen LogP contribution < -0.4 is 10.2 Å². The van der Waals surface area contributed by atoms with E-state index in [2.05, 4.69) is 25.5 Å². The standard InChI is InChI=1S/C25H20F2N6O/c26-16-4-6-21(27)19(10-16)23-2-1-8-32(23)18-7-9-33-24(12-18)20(14-29-33)25(34)30-17-5-3-15-13-28-31-22(15)11-17/h3-7,9-14,23H,1-2,8H2,(H,28,31)(H,30,34)/t23-/m1/s1. The highest BCUT2D eigenvalue weighted by Crippen LogP contribution is 2.38. The van der Waals surface area contributed by atoms with E-state index in [1.54, 1.807) is 16.9 Å². The van der Waals surface area contributed by atoms with Crippen molar-refractivity contribution in [3.63, 3.8) is 0 Å². The van der Waals surface area contributed by atoms with Crippen molar-refractivity contribution < 1.29 is 13.6 Å². The molecule has 1 aliphatic heterocycles. The van der Waals surface area contributed by atoms with Gasteiger partial charge in [0.05, 0.1) is 35.0 Å². The first kappa shape index (κ1) is 20.3. The van der Waals surface area contributed by atoms with Crippen LogP contribution in [0.15, 0.2) is 67.1 Å². The van der Waals surface area contributed by atoms with Crippen molar-refractivity contribution >= 4 is 33.7 Å². The molecule has 7 nitrogen and oxygen atoms in total. The third-order valence-corrected chi connectivity index (χ3v) is 6.35. The maximum Gasteiger partial charge on any atom is 0.259 e. The van der Waals surface area contributed by atoms with Crippen LogP contribution in [-0.4, -0.2) is 32.3 Å². The van der Waals surface area contributed by atoms with Crippen LogP contribution in [0, 0.1) is 11.6 Å². The van der Waals surface area contributed by atoms with Gasteiger partial charge in [0, 0.05) is 35.1 Å². The molecule has 34 heavy (non-hydrogen) atoms. The number of fused-ring (bicyclic) bond motifs is 2. The quantitative estimate of drug-likeness (QED) is 0.394. The monoisotopic (exact) mass is 458 g/mol. The summed E-state index contributed by atoms with van der Waals surface area (Å²) in [6.07, 6.45) is 6.59. The third-order valence-electron chi connectivity index (χ3n) is 6.35. The van der Waals surface area contributed by atoms with Gasteiger partial charge >= 0.3 is 0 Å². The van der Waals surface area contributed by atoms with E-state index in [1.165, 1.54) is 18.3 Å². The number of anilines is 2. The average molecular weight is 458 g/mol. The molecule has 0 spiro atoms. The second-order valence-corrected chi connectivity index (χ2v) is 8.42. The Labute approximate surface area is 193 Å². The zero-order chi connectivity index (χ0) is 23.2. The summed E-state index contributed by atoms with van der Waals surface area (Å²) in [7, 11) is 0. The van der Waals surface area contributed by atoms with Gasteiger partial charge in [-0.2, -0.15) is 10.2 Å². The molecule has 1 amide bonds. The minimum atomic E-state index is -0.457. The number of aromatic nitrogens is 4. The zero-order valence-corrected chi connectivity index (χ0v) is 18.0. The molecular formula is C25H20F2N6O. The molecule has 0 aliphatic carbocycles. The summed E-state index contributed by atoms with van der Waals surface area (Å²) in [6, 6.07) is 12.6. The molecule has 0 unspecified atom stereocenters. The first-order valence-corrected chi connectivity index (χ1v) is 11.0. The maximum absolute atomic E-state index is 14.5. The molecule has 0 bridgehead atoms. The van der Waals surface area contributed by atoms with E-state index in [0.717, 1.165) is 29.1 Å². The lowest BCUT2D eigenvalue weighted by molar-refractivity contribution is 0.102. The Morgan fingerprint density at radius 3 is 2.91 bits per heavy atom. The molecule has 9 heteroatoms. The van der Waals surface area contributed by atoms with Gasteiger partial charge in [0.2, 0.25) is 0 Å². The number of carbonyl (C=O) groups excluding carboxylic acids is 1. The third kappa shape index (κ3) is 3.45. The van der Waals surface area contributed by atoms with Gasteiger partial charge in [-0.25, -0.2) is 13.3 Å². The Morgan fingerprint density at radius 1 is 1.09 bits per heavy atom. The lowest BCUT2D eigenvalue weighted by Crippen LogP contribution is -2.23. The summed E-state index contributed by atoms with van der Waals surface area (Å²) in [5.41, 5.74) is 3.68. The Bertz CT molecular complexity index is 1540. The van der Waals surface area contributed by atoms with E-state index in [4.69, 9.17) is 0 Å². The highest BCUT2D eigenvalue weighted by atomic mass is 19.1. The lowest BCUT2D eigenvalue weighted by Gasteiger charge is -2.27. The number of halogens is 2. The molecule has 2 aromatic carbocycles. The average Bonchev–Trinajstić information content (AvgIpc) is 3.59. The number of carbonyl (C=O) groups is 1. The predicted octanol–water partition coefficient (Wildman–Crippen LogP) is 5.08. The number of nitrogens with one attached hydrogen (secondary N) is 2. The van der Waals surface area contributed by atoms with Gasteiger partial charge in [0.25, 0.3) is 5.91 Å². The largest absolute Gasteiger partial charge is 0.364 e. The van der Waals surface area contributed by atoms with Gasteiger partial charge < -0.3 is 10.2 Å². The molecule has 4 heterocycles. The molecule has 170 valence electrons. The predicted molar refractivity (Wildman–Crippen MR) is 125 cm³/mol. The normalized spacial score (nSPS) is 15.9. The fraction of sp³-hybridized carbons (Fsp3) is 0.160. The van der Waals surface area contributed by atoms with Crippen LogP contribution in [0.3, 0.4) is 0 Å². The van der Waals surface area contributed by atoms with Crippen molar-refractivity contribution in [2.45, 2.75) is 18.9 Å². The fourth-order valence-electron chi connectivity index (χ4n) is 4.71. The van der Waals surface area contributed by atoms with E-state index in [-0.39, 0.29) is 11.9 Å². The van der Waals surface area contributed by atoms with Gasteiger partial charge in [0.1, 0.15) is 11.6 Å². The Kier molecular flexibility index (Phi) is 4.75.